The quantitative estimate of drug-likeness (QED) is 0.868. The summed E-state index contributed by atoms with van der Waals surface area (Å²) in [4.78, 5) is 0. The molecule has 1 nitrogen and oxygen atoms in total. The van der Waals surface area contributed by atoms with Crippen molar-refractivity contribution in [3.63, 3.8) is 0 Å². The van der Waals surface area contributed by atoms with Gasteiger partial charge in [-0.3, -0.25) is 0 Å². The third kappa shape index (κ3) is 4.33. The smallest absolute Gasteiger partial charge is 0.0409 e. The first kappa shape index (κ1) is 16.1. The predicted molar refractivity (Wildman–Crippen MR) is 92.2 cm³/mol. The van der Waals surface area contributed by atoms with Gasteiger partial charge in [0, 0.05) is 5.02 Å². The van der Waals surface area contributed by atoms with E-state index < -0.39 is 0 Å². The summed E-state index contributed by atoms with van der Waals surface area (Å²) < 4.78 is 0. The van der Waals surface area contributed by atoms with Gasteiger partial charge in [0.1, 0.15) is 0 Å². The third-order valence-electron chi connectivity index (χ3n) is 3.80. The maximum absolute atomic E-state index is 6.14. The Labute approximate surface area is 133 Å². The Morgan fingerprint density at radius 3 is 2.19 bits per heavy atom. The molecule has 0 amide bonds. The molecule has 2 rings (SSSR count). The molecular weight excluding hydrogens is 278 g/mol. The van der Waals surface area contributed by atoms with Gasteiger partial charge >= 0.3 is 0 Å². The van der Waals surface area contributed by atoms with Crippen molar-refractivity contribution >= 4 is 11.6 Å². The van der Waals surface area contributed by atoms with Gasteiger partial charge in [-0.2, -0.15) is 0 Å². The van der Waals surface area contributed by atoms with Crippen LogP contribution in [0, 0.1) is 0 Å². The normalized spacial score (nSPS) is 11.7. The highest BCUT2D eigenvalue weighted by molar-refractivity contribution is 6.30. The van der Waals surface area contributed by atoms with Crippen molar-refractivity contribution in [3.8, 4) is 0 Å². The van der Waals surface area contributed by atoms with Crippen LogP contribution in [0.2, 0.25) is 5.02 Å². The fourth-order valence-electron chi connectivity index (χ4n) is 2.50. The van der Waals surface area contributed by atoms with E-state index in [0.29, 0.717) is 6.54 Å². The average Bonchev–Trinajstić information content (AvgIpc) is 2.42. The second-order valence-corrected chi connectivity index (χ2v) is 7.01. The molecule has 0 bridgehead atoms. The molecule has 0 aliphatic carbocycles. The van der Waals surface area contributed by atoms with E-state index in [0.717, 1.165) is 17.9 Å². The number of halogens is 1. The summed E-state index contributed by atoms with van der Waals surface area (Å²) in [5.41, 5.74) is 11.1. The number of hydrogen-bond donors (Lipinski definition) is 1. The molecule has 0 unspecified atom stereocenters. The Bertz CT molecular complexity index is 594. The van der Waals surface area contributed by atoms with E-state index in [-0.39, 0.29) is 5.41 Å². The van der Waals surface area contributed by atoms with Gasteiger partial charge in [0.05, 0.1) is 0 Å². The van der Waals surface area contributed by atoms with E-state index in [2.05, 4.69) is 57.2 Å². The van der Waals surface area contributed by atoms with Crippen LogP contribution in [0.25, 0.3) is 0 Å². The minimum atomic E-state index is 0.194. The first-order valence-corrected chi connectivity index (χ1v) is 7.85. The van der Waals surface area contributed by atoms with Gasteiger partial charge in [-0.25, -0.2) is 0 Å². The topological polar surface area (TPSA) is 26.0 Å². The van der Waals surface area contributed by atoms with Crippen molar-refractivity contribution in [2.24, 2.45) is 5.73 Å². The Morgan fingerprint density at radius 1 is 0.952 bits per heavy atom. The molecule has 0 fully saturated rings. The lowest BCUT2D eigenvalue weighted by atomic mass is 9.86. The molecule has 0 atom stereocenters. The van der Waals surface area contributed by atoms with Crippen molar-refractivity contribution in [2.45, 2.75) is 39.0 Å². The molecule has 0 saturated carbocycles. The van der Waals surface area contributed by atoms with Gasteiger partial charge < -0.3 is 5.73 Å². The molecule has 112 valence electrons. The summed E-state index contributed by atoms with van der Waals surface area (Å²) in [5, 5.41) is 0.789. The maximum atomic E-state index is 6.14. The Morgan fingerprint density at radius 2 is 1.62 bits per heavy atom. The van der Waals surface area contributed by atoms with Crippen LogP contribution < -0.4 is 5.73 Å². The highest BCUT2D eigenvalue weighted by atomic mass is 35.5. The van der Waals surface area contributed by atoms with Gasteiger partial charge in [0.15, 0.2) is 0 Å². The van der Waals surface area contributed by atoms with Crippen molar-refractivity contribution in [2.75, 3.05) is 6.54 Å². The van der Waals surface area contributed by atoms with Gasteiger partial charge in [-0.15, -0.1) is 0 Å². The second-order valence-electron chi connectivity index (χ2n) is 6.58. The number of benzene rings is 2. The summed E-state index contributed by atoms with van der Waals surface area (Å²) >= 11 is 6.14. The van der Waals surface area contributed by atoms with E-state index in [4.69, 9.17) is 17.3 Å². The van der Waals surface area contributed by atoms with E-state index in [1.54, 1.807) is 0 Å². The summed E-state index contributed by atoms with van der Waals surface area (Å²) in [7, 11) is 0. The molecule has 0 heterocycles. The first-order chi connectivity index (χ1) is 9.90. The number of nitrogens with two attached hydrogens (primary N) is 1. The largest absolute Gasteiger partial charge is 0.330 e. The maximum Gasteiger partial charge on any atom is 0.0409 e. The molecule has 2 aromatic rings. The Kier molecular flexibility index (Phi) is 5.08. The summed E-state index contributed by atoms with van der Waals surface area (Å²) in [6.45, 7) is 7.37. The Hall–Kier alpha value is -1.31. The molecule has 0 aliphatic rings. The second kappa shape index (κ2) is 6.64. The molecule has 0 radical (unpaired) electrons. The standard InChI is InChI=1S/C19H24ClN/c1-19(2,3)17-7-4-14(5-8-17)12-16-13-18(20)9-6-15(16)10-11-21/h4-9,13H,10-12,21H2,1-3H3. The minimum absolute atomic E-state index is 0.194. The Balaban J connectivity index is 2.23. The van der Waals surface area contributed by atoms with Crippen LogP contribution >= 0.6 is 11.6 Å². The lowest BCUT2D eigenvalue weighted by molar-refractivity contribution is 0.590. The SMILES string of the molecule is CC(C)(C)c1ccc(Cc2cc(Cl)ccc2CCN)cc1. The van der Waals surface area contributed by atoms with E-state index in [1.165, 1.54) is 22.3 Å². The zero-order chi connectivity index (χ0) is 15.5. The van der Waals surface area contributed by atoms with Gasteiger partial charge in [0.2, 0.25) is 0 Å². The van der Waals surface area contributed by atoms with Crippen LogP contribution in [0.3, 0.4) is 0 Å². The molecule has 0 spiro atoms. The van der Waals surface area contributed by atoms with E-state index in [1.807, 2.05) is 6.07 Å². The zero-order valence-corrected chi connectivity index (χ0v) is 13.9. The minimum Gasteiger partial charge on any atom is -0.330 e. The molecular formula is C19H24ClN. The van der Waals surface area contributed by atoms with E-state index >= 15 is 0 Å². The lowest BCUT2D eigenvalue weighted by Crippen LogP contribution is -2.10. The molecule has 0 aromatic heterocycles. The van der Waals surface area contributed by atoms with Crippen LogP contribution in [0.4, 0.5) is 0 Å². The molecule has 2 N–H and O–H groups in total. The van der Waals surface area contributed by atoms with Crippen molar-refractivity contribution in [3.05, 3.63) is 69.7 Å². The van der Waals surface area contributed by atoms with Crippen LogP contribution in [-0.2, 0) is 18.3 Å². The number of hydrogen-bond acceptors (Lipinski definition) is 1. The molecule has 2 heteroatoms. The highest BCUT2D eigenvalue weighted by Gasteiger charge is 2.13. The van der Waals surface area contributed by atoms with Gasteiger partial charge in [-0.05, 0) is 59.2 Å². The van der Waals surface area contributed by atoms with Crippen molar-refractivity contribution in [1.82, 2.24) is 0 Å². The zero-order valence-electron chi connectivity index (χ0n) is 13.1. The number of rotatable bonds is 4. The molecule has 21 heavy (non-hydrogen) atoms. The lowest BCUT2D eigenvalue weighted by Gasteiger charge is -2.19. The van der Waals surface area contributed by atoms with Crippen molar-refractivity contribution in [1.29, 1.82) is 0 Å². The third-order valence-corrected chi connectivity index (χ3v) is 4.03. The molecule has 0 aliphatic heterocycles. The molecule has 0 saturated heterocycles. The van der Waals surface area contributed by atoms with E-state index in [9.17, 15) is 0 Å². The fourth-order valence-corrected chi connectivity index (χ4v) is 2.70. The van der Waals surface area contributed by atoms with Crippen LogP contribution in [-0.4, -0.2) is 6.54 Å². The van der Waals surface area contributed by atoms with Crippen molar-refractivity contribution < 1.29 is 0 Å². The van der Waals surface area contributed by atoms with Crippen LogP contribution in [0.15, 0.2) is 42.5 Å². The monoisotopic (exact) mass is 301 g/mol. The first-order valence-electron chi connectivity index (χ1n) is 7.47. The van der Waals surface area contributed by atoms with Gasteiger partial charge in [-0.1, -0.05) is 62.7 Å². The van der Waals surface area contributed by atoms with Crippen LogP contribution in [0.5, 0.6) is 0 Å². The fraction of sp³-hybridized carbons (Fsp3) is 0.368. The summed E-state index contributed by atoms with van der Waals surface area (Å²) in [5.74, 6) is 0. The average molecular weight is 302 g/mol. The predicted octanol–water partition coefficient (Wildman–Crippen LogP) is 4.73. The summed E-state index contributed by atoms with van der Waals surface area (Å²) in [6, 6.07) is 15.0. The van der Waals surface area contributed by atoms with Crippen LogP contribution in [0.1, 0.15) is 43.0 Å². The summed E-state index contributed by atoms with van der Waals surface area (Å²) in [6.07, 6.45) is 1.80. The van der Waals surface area contributed by atoms with Gasteiger partial charge in [0.25, 0.3) is 0 Å². The molecule has 2 aromatic carbocycles. The highest BCUT2D eigenvalue weighted by Crippen LogP contribution is 2.24.